The number of benzene rings is 1. The van der Waals surface area contributed by atoms with Gasteiger partial charge in [0.25, 0.3) is 0 Å². The van der Waals surface area contributed by atoms with E-state index in [1.165, 1.54) is 18.4 Å². The number of rotatable bonds is 4. The molecule has 1 aliphatic rings. The molecule has 16 heavy (non-hydrogen) atoms. The van der Waals surface area contributed by atoms with Crippen molar-refractivity contribution in [1.29, 1.82) is 0 Å². The second-order valence-electron chi connectivity index (χ2n) is 5.17. The lowest BCUT2D eigenvalue weighted by Gasteiger charge is -2.55. The standard InChI is InChI=1S/C15H23N/c1-4-15(3)13(11-14(15)16-5-2)12-9-7-6-8-10-12/h6-10,13-14,16H,4-5,11H2,1-3H3. The van der Waals surface area contributed by atoms with Crippen LogP contribution in [0.1, 0.15) is 45.1 Å². The van der Waals surface area contributed by atoms with Crippen molar-refractivity contribution in [3.05, 3.63) is 35.9 Å². The first-order valence-electron chi connectivity index (χ1n) is 6.50. The number of nitrogens with one attached hydrogen (secondary N) is 1. The molecule has 3 atom stereocenters. The van der Waals surface area contributed by atoms with Gasteiger partial charge >= 0.3 is 0 Å². The first-order chi connectivity index (χ1) is 7.72. The lowest BCUT2D eigenvalue weighted by atomic mass is 9.54. The summed E-state index contributed by atoms with van der Waals surface area (Å²) in [7, 11) is 0. The molecule has 0 heterocycles. The van der Waals surface area contributed by atoms with E-state index in [-0.39, 0.29) is 0 Å². The van der Waals surface area contributed by atoms with Gasteiger partial charge in [0.15, 0.2) is 0 Å². The topological polar surface area (TPSA) is 12.0 Å². The van der Waals surface area contributed by atoms with Gasteiger partial charge in [0.05, 0.1) is 0 Å². The first-order valence-corrected chi connectivity index (χ1v) is 6.50. The van der Waals surface area contributed by atoms with Crippen molar-refractivity contribution in [2.45, 2.75) is 45.6 Å². The largest absolute Gasteiger partial charge is 0.314 e. The van der Waals surface area contributed by atoms with Crippen molar-refractivity contribution >= 4 is 0 Å². The molecule has 1 heteroatoms. The van der Waals surface area contributed by atoms with Gasteiger partial charge in [-0.3, -0.25) is 0 Å². The molecule has 1 fully saturated rings. The van der Waals surface area contributed by atoms with Gasteiger partial charge in [-0.25, -0.2) is 0 Å². The molecule has 1 aromatic rings. The lowest BCUT2D eigenvalue weighted by molar-refractivity contribution is 0.0455. The van der Waals surface area contributed by atoms with Crippen molar-refractivity contribution in [3.63, 3.8) is 0 Å². The smallest absolute Gasteiger partial charge is 0.0132 e. The Hall–Kier alpha value is -0.820. The summed E-state index contributed by atoms with van der Waals surface area (Å²) in [5, 5.41) is 3.62. The van der Waals surface area contributed by atoms with Crippen LogP contribution in [-0.2, 0) is 0 Å². The summed E-state index contributed by atoms with van der Waals surface area (Å²) in [6, 6.07) is 11.7. The molecule has 2 rings (SSSR count). The summed E-state index contributed by atoms with van der Waals surface area (Å²) in [4.78, 5) is 0. The Bertz CT molecular complexity index is 333. The zero-order valence-corrected chi connectivity index (χ0v) is 10.7. The molecule has 1 aliphatic carbocycles. The zero-order chi connectivity index (χ0) is 11.6. The maximum Gasteiger partial charge on any atom is 0.0132 e. The van der Waals surface area contributed by atoms with Crippen LogP contribution in [-0.4, -0.2) is 12.6 Å². The van der Waals surface area contributed by atoms with E-state index in [1.54, 1.807) is 0 Å². The molecule has 1 nitrogen and oxygen atoms in total. The maximum absolute atomic E-state index is 3.62. The van der Waals surface area contributed by atoms with Gasteiger partial charge in [0.2, 0.25) is 0 Å². The molecule has 0 aromatic heterocycles. The van der Waals surface area contributed by atoms with E-state index in [0.717, 1.165) is 12.5 Å². The highest BCUT2D eigenvalue weighted by atomic mass is 15.0. The minimum atomic E-state index is 0.442. The van der Waals surface area contributed by atoms with Gasteiger partial charge in [-0.05, 0) is 36.3 Å². The minimum absolute atomic E-state index is 0.442. The number of hydrogen-bond acceptors (Lipinski definition) is 1. The monoisotopic (exact) mass is 217 g/mol. The van der Waals surface area contributed by atoms with Crippen LogP contribution in [0.2, 0.25) is 0 Å². The summed E-state index contributed by atoms with van der Waals surface area (Å²) < 4.78 is 0. The van der Waals surface area contributed by atoms with Crippen LogP contribution in [0.5, 0.6) is 0 Å². The van der Waals surface area contributed by atoms with Crippen LogP contribution in [0.3, 0.4) is 0 Å². The highest BCUT2D eigenvalue weighted by molar-refractivity contribution is 5.27. The number of hydrogen-bond donors (Lipinski definition) is 1. The molecular weight excluding hydrogens is 194 g/mol. The molecule has 3 unspecified atom stereocenters. The fourth-order valence-electron chi connectivity index (χ4n) is 3.11. The summed E-state index contributed by atoms with van der Waals surface area (Å²) in [5.41, 5.74) is 1.96. The molecule has 0 saturated heterocycles. The molecule has 88 valence electrons. The van der Waals surface area contributed by atoms with Gasteiger partial charge in [0, 0.05) is 6.04 Å². The second kappa shape index (κ2) is 4.58. The van der Waals surface area contributed by atoms with Crippen LogP contribution in [0, 0.1) is 5.41 Å². The van der Waals surface area contributed by atoms with Crippen LogP contribution in [0.4, 0.5) is 0 Å². The van der Waals surface area contributed by atoms with E-state index in [1.807, 2.05) is 0 Å². The summed E-state index contributed by atoms with van der Waals surface area (Å²) in [5.74, 6) is 0.739. The fourth-order valence-corrected chi connectivity index (χ4v) is 3.11. The molecular formula is C15H23N. The Kier molecular flexibility index (Phi) is 3.34. The van der Waals surface area contributed by atoms with E-state index in [4.69, 9.17) is 0 Å². The maximum atomic E-state index is 3.62. The normalized spacial score (nSPS) is 33.4. The first kappa shape index (κ1) is 11.7. The van der Waals surface area contributed by atoms with Crippen molar-refractivity contribution in [2.24, 2.45) is 5.41 Å². The molecule has 0 spiro atoms. The van der Waals surface area contributed by atoms with Crippen LogP contribution < -0.4 is 5.32 Å². The predicted molar refractivity (Wildman–Crippen MR) is 69.7 cm³/mol. The fraction of sp³-hybridized carbons (Fsp3) is 0.600. The third-order valence-corrected chi connectivity index (χ3v) is 4.48. The van der Waals surface area contributed by atoms with E-state index in [9.17, 15) is 0 Å². The Morgan fingerprint density at radius 2 is 1.94 bits per heavy atom. The van der Waals surface area contributed by atoms with Crippen molar-refractivity contribution in [2.75, 3.05) is 6.54 Å². The van der Waals surface area contributed by atoms with Crippen LogP contribution >= 0.6 is 0 Å². The lowest BCUT2D eigenvalue weighted by Crippen LogP contribution is -2.56. The van der Waals surface area contributed by atoms with Gasteiger partial charge in [0.1, 0.15) is 0 Å². The predicted octanol–water partition coefficient (Wildman–Crippen LogP) is 3.57. The Labute approximate surface area is 99.3 Å². The Balaban J connectivity index is 2.14. The summed E-state index contributed by atoms with van der Waals surface area (Å²) in [6.07, 6.45) is 2.55. The van der Waals surface area contributed by atoms with E-state index >= 15 is 0 Å². The van der Waals surface area contributed by atoms with Crippen molar-refractivity contribution < 1.29 is 0 Å². The second-order valence-corrected chi connectivity index (χ2v) is 5.17. The van der Waals surface area contributed by atoms with Gasteiger partial charge in [-0.1, -0.05) is 51.1 Å². The van der Waals surface area contributed by atoms with Crippen LogP contribution in [0.25, 0.3) is 0 Å². The minimum Gasteiger partial charge on any atom is -0.314 e. The summed E-state index contributed by atoms with van der Waals surface area (Å²) >= 11 is 0. The highest BCUT2D eigenvalue weighted by Gasteiger charge is 2.50. The van der Waals surface area contributed by atoms with Gasteiger partial charge < -0.3 is 5.32 Å². The summed E-state index contributed by atoms with van der Waals surface area (Å²) in [6.45, 7) is 8.04. The molecule has 0 amide bonds. The highest BCUT2D eigenvalue weighted by Crippen LogP contribution is 2.54. The average molecular weight is 217 g/mol. The van der Waals surface area contributed by atoms with Crippen molar-refractivity contribution in [1.82, 2.24) is 5.32 Å². The van der Waals surface area contributed by atoms with E-state index < -0.39 is 0 Å². The Morgan fingerprint density at radius 3 is 2.50 bits per heavy atom. The molecule has 0 radical (unpaired) electrons. The SMILES string of the molecule is CCNC1CC(c2ccccc2)C1(C)CC. The molecule has 1 saturated carbocycles. The molecule has 1 aromatic carbocycles. The van der Waals surface area contributed by atoms with Gasteiger partial charge in [-0.15, -0.1) is 0 Å². The zero-order valence-electron chi connectivity index (χ0n) is 10.7. The Morgan fingerprint density at radius 1 is 1.25 bits per heavy atom. The van der Waals surface area contributed by atoms with Gasteiger partial charge in [-0.2, -0.15) is 0 Å². The van der Waals surface area contributed by atoms with Crippen LogP contribution in [0.15, 0.2) is 30.3 Å². The molecule has 0 aliphatic heterocycles. The third-order valence-electron chi connectivity index (χ3n) is 4.48. The molecule has 0 bridgehead atoms. The van der Waals surface area contributed by atoms with Crippen molar-refractivity contribution in [3.8, 4) is 0 Å². The van der Waals surface area contributed by atoms with E-state index in [0.29, 0.717) is 11.5 Å². The molecule has 1 N–H and O–H groups in total. The quantitative estimate of drug-likeness (QED) is 0.813. The average Bonchev–Trinajstić information content (AvgIpc) is 2.34. The third kappa shape index (κ3) is 1.78. The van der Waals surface area contributed by atoms with E-state index in [2.05, 4.69) is 56.4 Å².